The van der Waals surface area contributed by atoms with E-state index in [1.54, 1.807) is 0 Å². The Morgan fingerprint density at radius 3 is 0.797 bits per heavy atom. The van der Waals surface area contributed by atoms with Gasteiger partial charge >= 0.3 is 59.5 Å². The summed E-state index contributed by atoms with van der Waals surface area (Å²) >= 11 is 0. The van der Waals surface area contributed by atoms with Crippen LogP contribution in [-0.2, 0) is 60.4 Å². The van der Waals surface area contributed by atoms with E-state index in [-0.39, 0.29) is 133 Å². The topological polar surface area (TPSA) is 93.1 Å². The molecule has 6 saturated carbocycles. The zero-order valence-electron chi connectivity index (χ0n) is 38.6. The molecular formula is C49H116Fe3NO5P. The number of aliphatic hydroxyl groups excluding tert-OH is 1. The van der Waals surface area contributed by atoms with Gasteiger partial charge in [0.25, 0.3) is 0 Å². The molecule has 0 radical (unpaired) electrons. The molecule has 3 atom stereocenters. The Morgan fingerprint density at radius 1 is 0.492 bits per heavy atom. The summed E-state index contributed by atoms with van der Waals surface area (Å²) < 4.78 is 11.6. The smallest absolute Gasteiger partial charge is 0.565 e. The number of hydrogen-bond donors (Lipinski definition) is 2. The Bertz CT molecular complexity index is 592. The molecule has 2 N–H and O–H groups in total. The van der Waals surface area contributed by atoms with Crippen molar-refractivity contribution < 1.29 is 77.1 Å². The number of rotatable bonds is 5. The summed E-state index contributed by atoms with van der Waals surface area (Å²) in [5.74, 6) is 3.61. The average molecular weight is 998 g/mol. The molecule has 10 heteroatoms. The minimum Gasteiger partial charge on any atom is -0.565 e. The summed E-state index contributed by atoms with van der Waals surface area (Å²) in [7, 11) is 1.32. The minimum atomic E-state index is -3.04. The van der Waals surface area contributed by atoms with E-state index in [2.05, 4.69) is 44.4 Å². The molecule has 0 aliphatic heterocycles. The van der Waals surface area contributed by atoms with Gasteiger partial charge in [-0.25, -0.2) is 5.26 Å². The first kappa shape index (κ1) is 99.0. The van der Waals surface area contributed by atoms with Gasteiger partial charge < -0.3 is 59.5 Å². The van der Waals surface area contributed by atoms with Gasteiger partial charge in [-0.05, 0) is 81.9 Å². The van der Waals surface area contributed by atoms with Gasteiger partial charge in [-0.3, -0.25) is 0 Å². The van der Waals surface area contributed by atoms with E-state index in [1.165, 1.54) is 173 Å². The molecule has 6 nitrogen and oxygen atoms in total. The summed E-state index contributed by atoms with van der Waals surface area (Å²) in [5.41, 5.74) is 0. The molecule has 1 unspecified atom stereocenters. The van der Waals surface area contributed by atoms with Crippen LogP contribution in [0, 0.1) is 68.2 Å². The van der Waals surface area contributed by atoms with Crippen LogP contribution in [-0.4, -0.2) is 41.5 Å². The molecule has 6 rings (SSSR count). The molecular weight excluding hydrogens is 881 g/mol. The van der Waals surface area contributed by atoms with Crippen molar-refractivity contribution >= 4 is 8.25 Å². The summed E-state index contributed by atoms with van der Waals surface area (Å²) in [6, 6.07) is 0.794. The number of aliphatic hydroxyl groups is 1. The summed E-state index contributed by atoms with van der Waals surface area (Å²) in [6.07, 6.45) is 39.4. The quantitative estimate of drug-likeness (QED) is 0.0937. The van der Waals surface area contributed by atoms with Crippen LogP contribution in [0.25, 0.3) is 0 Å². The van der Waals surface area contributed by atoms with Crippen molar-refractivity contribution in [2.45, 2.75) is 243 Å². The van der Waals surface area contributed by atoms with E-state index in [0.29, 0.717) is 5.92 Å². The maximum absolute atomic E-state index is 9.05. The zero-order valence-corrected chi connectivity index (χ0v) is 42.8. The maximum atomic E-state index is 9.05. The van der Waals surface area contributed by atoms with E-state index in [0.717, 1.165) is 23.8 Å². The van der Waals surface area contributed by atoms with Gasteiger partial charge in [0.15, 0.2) is 0 Å². The molecule has 6 aliphatic rings. The minimum absolute atomic E-state index is 0. The molecule has 0 aromatic rings. The Morgan fingerprint density at radius 2 is 0.678 bits per heavy atom. The Labute approximate surface area is 413 Å². The van der Waals surface area contributed by atoms with Crippen LogP contribution in [0.1, 0.15) is 232 Å². The van der Waals surface area contributed by atoms with Gasteiger partial charge in [0.2, 0.25) is 0 Å². The second kappa shape index (κ2) is 71.1. The van der Waals surface area contributed by atoms with Crippen LogP contribution < -0.4 is 4.89 Å². The standard InChI is InChI=1S/C9H19N.C8H16.C7H14O.3C5H10.4CH4.6CH3.3Fe.HO4P.H2/c1-8(10(2)3)9-6-4-5-7-9;1-7(2)8-5-3-4-6-8;1-6(8)7-4-2-3-5-7;3*1-2-4-5-3-1;;;;;;;;;;;;;;1-4-5(2)3;/h8-9H,4-7H2,1-3H3;7-8H,3-6H2,1-2H3;6-8H,2-5H2,1H3;3*1-5H2;4*1H4;6*1H3;;;;1H;1H/q;;;;;;;;;;6*-1;3*+2;;/t8-;;6-;;;;;;;;;;;;;;;;;;/m1.1................../s1. The van der Waals surface area contributed by atoms with Crippen molar-refractivity contribution in [3.8, 4) is 0 Å². The van der Waals surface area contributed by atoms with E-state index in [9.17, 15) is 0 Å². The third-order valence-corrected chi connectivity index (χ3v) is 11.3. The zero-order chi connectivity index (χ0) is 34.4. The van der Waals surface area contributed by atoms with Crippen molar-refractivity contribution in [1.29, 1.82) is 0 Å². The van der Waals surface area contributed by atoms with E-state index >= 15 is 0 Å². The molecule has 6 fully saturated rings. The Hall–Kier alpha value is 1.46. The van der Waals surface area contributed by atoms with Crippen LogP contribution in [0.3, 0.4) is 0 Å². The van der Waals surface area contributed by atoms with Gasteiger partial charge in [0, 0.05) is 12.1 Å². The molecule has 59 heavy (non-hydrogen) atoms. The molecule has 0 bridgehead atoms. The number of hydrogen-bond acceptors (Lipinski definition) is 6. The van der Waals surface area contributed by atoms with E-state index in [4.69, 9.17) is 19.8 Å². The first-order chi connectivity index (χ1) is 22.1. The number of nitrogens with zero attached hydrogens (tertiary/aromatic N) is 1. The van der Waals surface area contributed by atoms with E-state index in [1.807, 2.05) is 6.92 Å². The van der Waals surface area contributed by atoms with E-state index < -0.39 is 8.25 Å². The van der Waals surface area contributed by atoms with Crippen molar-refractivity contribution in [2.24, 2.45) is 23.7 Å². The molecule has 0 aromatic carbocycles. The van der Waals surface area contributed by atoms with Crippen molar-refractivity contribution in [1.82, 2.24) is 4.90 Å². The molecule has 0 spiro atoms. The first-order valence-corrected chi connectivity index (χ1v) is 21.0. The van der Waals surface area contributed by atoms with Crippen molar-refractivity contribution in [3.63, 3.8) is 0 Å². The van der Waals surface area contributed by atoms with Crippen molar-refractivity contribution in [3.05, 3.63) is 44.6 Å². The Kier molecular flexibility index (Phi) is 119. The fourth-order valence-electron chi connectivity index (χ4n) is 7.58. The van der Waals surface area contributed by atoms with Gasteiger partial charge in [0.05, 0.1) is 6.10 Å². The summed E-state index contributed by atoms with van der Waals surface area (Å²) in [5, 5.41) is 16.1. The Balaban J connectivity index is -0.0000000295. The van der Waals surface area contributed by atoms with Gasteiger partial charge in [0.1, 0.15) is 0 Å². The molecule has 376 valence electrons. The predicted molar refractivity (Wildman–Crippen MR) is 264 cm³/mol. The molecule has 0 amide bonds. The monoisotopic (exact) mass is 998 g/mol. The maximum Gasteiger partial charge on any atom is 2.00 e. The van der Waals surface area contributed by atoms with Crippen molar-refractivity contribution in [2.75, 3.05) is 14.1 Å². The fourth-order valence-corrected chi connectivity index (χ4v) is 7.58. The molecule has 0 saturated heterocycles. The second-order valence-corrected chi connectivity index (χ2v) is 16.0. The average Bonchev–Trinajstić information content (AvgIpc) is 3.92. The van der Waals surface area contributed by atoms with Gasteiger partial charge in [-0.15, -0.1) is 0 Å². The normalized spacial score (nSPS) is 17.8. The second-order valence-electron chi connectivity index (χ2n) is 15.4. The third kappa shape index (κ3) is 63.8. The molecule has 0 heterocycles. The fraction of sp³-hybridized carbons (Fsp3) is 0.878. The molecule has 0 aromatic heterocycles. The first-order valence-electron chi connectivity index (χ1n) is 19.9. The third-order valence-electron chi connectivity index (χ3n) is 11.1. The summed E-state index contributed by atoms with van der Waals surface area (Å²) in [4.78, 5) is 11.3. The van der Waals surface area contributed by atoms with Crippen LogP contribution in [0.4, 0.5) is 0 Å². The summed E-state index contributed by atoms with van der Waals surface area (Å²) in [6.45, 7) is 8.93. The van der Waals surface area contributed by atoms with Crippen LogP contribution in [0.5, 0.6) is 0 Å². The molecule has 6 aliphatic carbocycles. The predicted octanol–water partition coefficient (Wildman–Crippen LogP) is 17.3. The largest absolute Gasteiger partial charge is 2.00 e. The van der Waals surface area contributed by atoms with Crippen LogP contribution >= 0.6 is 8.25 Å². The van der Waals surface area contributed by atoms with Gasteiger partial charge in [-0.2, -0.15) is 0 Å². The SMILES string of the molecule is C.C.C.C.C1CCCC1.C1CCCC1.C1CCCC1.CC(C)C1CCCC1.C[C@@H](O)C1CCCC1.C[C@H](C1CCCC1)N(C)C.O=[P+]([O-])OO.[CH3-].[CH3-].[CH3-].[CH3-].[CH3-].[CH3-].[Fe+2].[Fe+2].[Fe+2].[HH]. The van der Waals surface area contributed by atoms with Crippen LogP contribution in [0.15, 0.2) is 0 Å². The van der Waals surface area contributed by atoms with Crippen LogP contribution in [0.2, 0.25) is 0 Å². The van der Waals surface area contributed by atoms with Gasteiger partial charge in [-0.1, -0.05) is 191 Å².